The lowest BCUT2D eigenvalue weighted by Crippen LogP contribution is -2.41. The molecule has 0 amide bonds. The van der Waals surface area contributed by atoms with E-state index in [1.54, 1.807) is 0 Å². The van der Waals surface area contributed by atoms with Gasteiger partial charge in [-0.1, -0.05) is 17.7 Å². The van der Waals surface area contributed by atoms with E-state index in [0.717, 1.165) is 18.2 Å². The zero-order valence-electron chi connectivity index (χ0n) is 9.83. The minimum atomic E-state index is -3.93. The van der Waals surface area contributed by atoms with Gasteiger partial charge in [-0.15, -0.1) is 12.4 Å². The Hall–Kier alpha value is -0.980. The molecule has 0 unspecified atom stereocenters. The molecule has 0 saturated heterocycles. The number of carbonyl (C=O) groups excluding carboxylic acids is 1. The highest BCUT2D eigenvalue weighted by Gasteiger charge is 2.47. The van der Waals surface area contributed by atoms with E-state index < -0.39 is 23.8 Å². The highest BCUT2D eigenvalue weighted by molar-refractivity contribution is 6.30. The van der Waals surface area contributed by atoms with E-state index in [4.69, 9.17) is 17.3 Å². The number of halogens is 5. The Morgan fingerprint density at radius 2 is 2.11 bits per heavy atom. The third kappa shape index (κ3) is 3.99. The molecule has 2 N–H and O–H groups in total. The maximum atomic E-state index is 13.6. The predicted molar refractivity (Wildman–Crippen MR) is 67.2 cm³/mol. The molecule has 0 aromatic heterocycles. The second-order valence-corrected chi connectivity index (χ2v) is 3.90. The van der Waals surface area contributed by atoms with Gasteiger partial charge >= 0.3 is 11.9 Å². The first-order chi connectivity index (χ1) is 8.30. The minimum absolute atomic E-state index is 0. The Morgan fingerprint density at radius 1 is 1.53 bits per heavy atom. The molecule has 3 nitrogen and oxygen atoms in total. The number of ether oxygens (including phenoxy) is 1. The van der Waals surface area contributed by atoms with Crippen LogP contribution >= 0.6 is 24.0 Å². The van der Waals surface area contributed by atoms with Crippen molar-refractivity contribution in [1.29, 1.82) is 0 Å². The molecule has 19 heavy (non-hydrogen) atoms. The molecule has 1 aromatic rings. The zero-order valence-corrected chi connectivity index (χ0v) is 11.4. The summed E-state index contributed by atoms with van der Waals surface area (Å²) in [7, 11) is 0. The van der Waals surface area contributed by atoms with Crippen LogP contribution in [0, 0.1) is 5.82 Å². The summed E-state index contributed by atoms with van der Waals surface area (Å²) in [6.07, 6.45) is 0. The fourth-order valence-corrected chi connectivity index (χ4v) is 1.39. The molecule has 0 aliphatic carbocycles. The fourth-order valence-electron chi connectivity index (χ4n) is 1.27. The lowest BCUT2D eigenvalue weighted by molar-refractivity contribution is -0.174. The number of hydrogen-bond acceptors (Lipinski definition) is 3. The summed E-state index contributed by atoms with van der Waals surface area (Å²) in [5, 5.41) is -0.217. The molecule has 0 fully saturated rings. The van der Waals surface area contributed by atoms with Crippen LogP contribution in [0.5, 0.6) is 0 Å². The van der Waals surface area contributed by atoms with Gasteiger partial charge in [0.1, 0.15) is 11.9 Å². The Balaban J connectivity index is 0.00000324. The summed E-state index contributed by atoms with van der Waals surface area (Å²) >= 11 is 5.42. The highest BCUT2D eigenvalue weighted by atomic mass is 35.5. The van der Waals surface area contributed by atoms with Gasteiger partial charge in [-0.3, -0.25) is 0 Å². The molecule has 108 valence electrons. The normalized spacial score (nSPS) is 12.5. The van der Waals surface area contributed by atoms with Crippen molar-refractivity contribution in [2.45, 2.75) is 18.9 Å². The van der Waals surface area contributed by atoms with E-state index in [9.17, 15) is 18.0 Å². The van der Waals surface area contributed by atoms with Gasteiger partial charge in [0.15, 0.2) is 0 Å². The van der Waals surface area contributed by atoms with Gasteiger partial charge in [0.25, 0.3) is 0 Å². The van der Waals surface area contributed by atoms with Crippen LogP contribution in [0.2, 0.25) is 5.02 Å². The number of benzene rings is 1. The van der Waals surface area contributed by atoms with Crippen LogP contribution in [0.4, 0.5) is 13.2 Å². The lowest BCUT2D eigenvalue weighted by atomic mass is 10.0. The van der Waals surface area contributed by atoms with Crippen LogP contribution in [0.1, 0.15) is 18.5 Å². The molecule has 1 rings (SSSR count). The zero-order chi connectivity index (χ0) is 13.9. The SMILES string of the molecule is CCOC(=O)C(F)(F)[C@@H](N)c1ccc(Cl)c(F)c1.Cl. The number of hydrogen-bond donors (Lipinski definition) is 1. The largest absolute Gasteiger partial charge is 0.462 e. The maximum absolute atomic E-state index is 13.6. The Bertz CT molecular complexity index is 458. The quantitative estimate of drug-likeness (QED) is 0.868. The van der Waals surface area contributed by atoms with E-state index in [1.165, 1.54) is 6.92 Å². The van der Waals surface area contributed by atoms with E-state index >= 15 is 0 Å². The summed E-state index contributed by atoms with van der Waals surface area (Å²) in [4.78, 5) is 11.1. The van der Waals surface area contributed by atoms with Gasteiger partial charge < -0.3 is 10.5 Å². The van der Waals surface area contributed by atoms with Crippen molar-refractivity contribution in [2.75, 3.05) is 6.61 Å². The smallest absolute Gasteiger partial charge is 0.379 e. The van der Waals surface area contributed by atoms with Crippen molar-refractivity contribution in [2.24, 2.45) is 5.73 Å². The van der Waals surface area contributed by atoms with Crippen molar-refractivity contribution < 1.29 is 22.7 Å². The first-order valence-corrected chi connectivity index (χ1v) is 5.44. The number of carbonyl (C=O) groups is 1. The van der Waals surface area contributed by atoms with Gasteiger partial charge in [-0.25, -0.2) is 9.18 Å². The van der Waals surface area contributed by atoms with E-state index in [-0.39, 0.29) is 29.6 Å². The molecule has 8 heteroatoms. The van der Waals surface area contributed by atoms with E-state index in [2.05, 4.69) is 4.74 Å². The molecule has 1 atom stereocenters. The summed E-state index contributed by atoms with van der Waals surface area (Å²) in [6, 6.07) is 0.986. The summed E-state index contributed by atoms with van der Waals surface area (Å²) in [5.41, 5.74) is 5.02. The lowest BCUT2D eigenvalue weighted by Gasteiger charge is -2.21. The summed E-state index contributed by atoms with van der Waals surface area (Å²) in [5.74, 6) is -6.56. The van der Waals surface area contributed by atoms with Crippen molar-refractivity contribution in [3.8, 4) is 0 Å². The van der Waals surface area contributed by atoms with Crippen molar-refractivity contribution >= 4 is 30.0 Å². The molecule has 0 aliphatic heterocycles. The molecular formula is C11H12Cl2F3NO2. The fraction of sp³-hybridized carbons (Fsp3) is 0.364. The van der Waals surface area contributed by atoms with Crippen LogP contribution in [0.25, 0.3) is 0 Å². The summed E-state index contributed by atoms with van der Waals surface area (Å²) < 4.78 is 44.5. The van der Waals surface area contributed by atoms with Crippen molar-refractivity contribution in [3.05, 3.63) is 34.6 Å². The second-order valence-electron chi connectivity index (χ2n) is 3.49. The third-order valence-electron chi connectivity index (χ3n) is 2.24. The van der Waals surface area contributed by atoms with Crippen LogP contribution in [0.3, 0.4) is 0 Å². The van der Waals surface area contributed by atoms with Gasteiger partial charge in [-0.05, 0) is 24.6 Å². The first-order valence-electron chi connectivity index (χ1n) is 5.06. The average Bonchev–Trinajstić information content (AvgIpc) is 2.32. The first kappa shape index (κ1) is 18.0. The number of alkyl halides is 2. The molecule has 0 radical (unpaired) electrons. The highest BCUT2D eigenvalue weighted by Crippen LogP contribution is 2.31. The van der Waals surface area contributed by atoms with Gasteiger partial charge in [-0.2, -0.15) is 8.78 Å². The molecule has 0 bridgehead atoms. The van der Waals surface area contributed by atoms with Crippen LogP contribution in [0.15, 0.2) is 18.2 Å². The average molecular weight is 318 g/mol. The Kier molecular flexibility index (Phi) is 6.62. The molecular weight excluding hydrogens is 306 g/mol. The number of nitrogens with two attached hydrogens (primary N) is 1. The minimum Gasteiger partial charge on any atom is -0.462 e. The van der Waals surface area contributed by atoms with Gasteiger partial charge in [0.2, 0.25) is 0 Å². The predicted octanol–water partition coefficient (Wildman–Crippen LogP) is 3.10. The van der Waals surface area contributed by atoms with Crippen molar-refractivity contribution in [3.63, 3.8) is 0 Å². The van der Waals surface area contributed by atoms with Crippen molar-refractivity contribution in [1.82, 2.24) is 0 Å². The molecule has 0 saturated carbocycles. The Labute approximate surface area is 119 Å². The van der Waals surface area contributed by atoms with Gasteiger partial charge in [0.05, 0.1) is 11.6 Å². The number of esters is 1. The maximum Gasteiger partial charge on any atom is 0.379 e. The second kappa shape index (κ2) is 6.98. The monoisotopic (exact) mass is 317 g/mol. The number of rotatable bonds is 4. The van der Waals surface area contributed by atoms with Crippen LogP contribution in [-0.2, 0) is 9.53 Å². The molecule has 0 aliphatic rings. The van der Waals surface area contributed by atoms with Gasteiger partial charge in [0, 0.05) is 0 Å². The topological polar surface area (TPSA) is 52.3 Å². The summed E-state index contributed by atoms with van der Waals surface area (Å²) in [6.45, 7) is 1.19. The molecule has 1 aromatic carbocycles. The Morgan fingerprint density at radius 3 is 2.58 bits per heavy atom. The third-order valence-corrected chi connectivity index (χ3v) is 2.55. The van der Waals surface area contributed by atoms with E-state index in [0.29, 0.717) is 0 Å². The van der Waals surface area contributed by atoms with Crippen LogP contribution < -0.4 is 5.73 Å². The van der Waals surface area contributed by atoms with E-state index in [1.807, 2.05) is 0 Å². The standard InChI is InChI=1S/C11H11ClF3NO2.ClH/c1-2-18-10(17)11(14,15)9(16)6-3-4-7(12)8(13)5-6;/h3-5,9H,2,16H2,1H3;1H/t9-;/m0./s1. The molecule has 0 spiro atoms. The van der Waals surface area contributed by atoms with Crippen LogP contribution in [-0.4, -0.2) is 18.5 Å². The molecule has 0 heterocycles.